The van der Waals surface area contributed by atoms with E-state index in [9.17, 15) is 18.4 Å². The predicted molar refractivity (Wildman–Crippen MR) is 176 cm³/mol. The van der Waals surface area contributed by atoms with Gasteiger partial charge in [-0.25, -0.2) is 9.97 Å². The lowest BCUT2D eigenvalue weighted by molar-refractivity contribution is -0.126. The number of fused-ring (bicyclic) bond motifs is 2. The number of thiophene rings is 1. The predicted octanol–water partition coefficient (Wildman–Crippen LogP) is 5.77. The second-order valence-corrected chi connectivity index (χ2v) is 13.3. The average Bonchev–Trinajstić information content (AvgIpc) is 3.62. The minimum Gasteiger partial charge on any atom is -0.367 e. The number of likely N-dealkylation sites (tertiary alicyclic amines) is 1. The SMILES string of the molecule is C#CC(=C)N1CCN(CCn2c(C#N)cc3c(C)c(CN4CCC(Nc5ncnc6sc(CC(F)(F)F)cc56)CC4)ccc32)CC1. The molecule has 0 amide bonds. The Balaban J connectivity index is 1.06. The highest BCUT2D eigenvalue weighted by Gasteiger charge is 2.29. The molecule has 4 aromatic rings. The van der Waals surface area contributed by atoms with Crippen LogP contribution in [0, 0.1) is 30.6 Å². The number of piperazine rings is 1. The van der Waals surface area contributed by atoms with E-state index in [-0.39, 0.29) is 10.9 Å². The third kappa shape index (κ3) is 7.00. The Morgan fingerprint density at radius 2 is 1.83 bits per heavy atom. The molecule has 1 aromatic carbocycles. The summed E-state index contributed by atoms with van der Waals surface area (Å²) in [6.45, 7) is 13.8. The molecule has 0 aliphatic carbocycles. The molecule has 2 aliphatic heterocycles. The van der Waals surface area contributed by atoms with Gasteiger partial charge in [0.1, 0.15) is 28.7 Å². The molecule has 2 aliphatic rings. The van der Waals surface area contributed by atoms with Gasteiger partial charge in [-0.1, -0.05) is 18.6 Å². The van der Waals surface area contributed by atoms with E-state index >= 15 is 0 Å². The van der Waals surface area contributed by atoms with Gasteiger partial charge in [-0.3, -0.25) is 9.80 Å². The van der Waals surface area contributed by atoms with Gasteiger partial charge in [-0.2, -0.15) is 18.4 Å². The molecule has 0 spiro atoms. The summed E-state index contributed by atoms with van der Waals surface area (Å²) in [6.07, 6.45) is 3.50. The first-order chi connectivity index (χ1) is 22.1. The molecule has 2 fully saturated rings. The quantitative estimate of drug-likeness (QED) is 0.232. The first-order valence-electron chi connectivity index (χ1n) is 15.6. The van der Waals surface area contributed by atoms with Gasteiger partial charge < -0.3 is 14.8 Å². The van der Waals surface area contributed by atoms with E-state index in [1.54, 1.807) is 6.07 Å². The molecule has 3 aromatic heterocycles. The highest BCUT2D eigenvalue weighted by atomic mass is 32.1. The van der Waals surface area contributed by atoms with E-state index in [2.05, 4.69) is 72.2 Å². The molecular formula is C34H37F3N8S. The number of anilines is 1. The zero-order valence-corrected chi connectivity index (χ0v) is 26.7. The molecule has 0 radical (unpaired) electrons. The van der Waals surface area contributed by atoms with Crippen molar-refractivity contribution in [1.29, 1.82) is 5.26 Å². The van der Waals surface area contributed by atoms with Crippen LogP contribution in [0.1, 0.15) is 34.5 Å². The number of nitrogens with zero attached hydrogens (tertiary/aromatic N) is 7. The van der Waals surface area contributed by atoms with E-state index in [0.29, 0.717) is 21.7 Å². The number of hydrogen-bond acceptors (Lipinski definition) is 8. The Morgan fingerprint density at radius 1 is 1.07 bits per heavy atom. The number of piperidine rings is 1. The van der Waals surface area contributed by atoms with Crippen molar-refractivity contribution in [2.75, 3.05) is 51.1 Å². The molecular weight excluding hydrogens is 609 g/mol. The lowest BCUT2D eigenvalue weighted by Gasteiger charge is -2.35. The van der Waals surface area contributed by atoms with E-state index in [1.165, 1.54) is 17.5 Å². The Bertz CT molecular complexity index is 1810. The topological polar surface area (TPSA) is 76.2 Å². The van der Waals surface area contributed by atoms with Crippen LogP contribution in [-0.4, -0.2) is 87.3 Å². The molecule has 46 heavy (non-hydrogen) atoms. The molecule has 12 heteroatoms. The maximum atomic E-state index is 12.9. The number of hydrogen-bond donors (Lipinski definition) is 1. The van der Waals surface area contributed by atoms with E-state index in [4.69, 9.17) is 6.42 Å². The lowest BCUT2D eigenvalue weighted by Crippen LogP contribution is -2.46. The molecule has 0 saturated carbocycles. The van der Waals surface area contributed by atoms with Crippen LogP contribution in [0.4, 0.5) is 19.0 Å². The van der Waals surface area contributed by atoms with E-state index in [0.717, 1.165) is 99.7 Å². The number of nitrogens with one attached hydrogen (secondary N) is 1. The summed E-state index contributed by atoms with van der Waals surface area (Å²) >= 11 is 1.07. The fraction of sp³-hybridized carbons (Fsp3) is 0.441. The van der Waals surface area contributed by atoms with Gasteiger partial charge in [0.2, 0.25) is 0 Å². The normalized spacial score (nSPS) is 17.0. The molecule has 5 heterocycles. The molecule has 2 saturated heterocycles. The van der Waals surface area contributed by atoms with Crippen LogP contribution in [0.15, 0.2) is 42.9 Å². The molecule has 6 rings (SSSR count). The van der Waals surface area contributed by atoms with Crippen molar-refractivity contribution in [3.63, 3.8) is 0 Å². The van der Waals surface area contributed by atoms with E-state index in [1.807, 2.05) is 6.07 Å². The standard InChI is InChI=1S/C34H37F3N8S/c1-4-23(2)44-14-11-42(12-15-44)13-16-45-27(20-38)17-29-24(3)25(5-6-31(29)45)21-43-9-7-26(8-10-43)41-32-30-18-28(19-34(35,36)37)46-33(30)40-22-39-32/h1,5-6,17-18,22,26H,2,7-16,19,21H2,3H3,(H,39,40,41). The lowest BCUT2D eigenvalue weighted by atomic mass is 10.0. The van der Waals surface area contributed by atoms with Gasteiger partial charge in [-0.15, -0.1) is 17.8 Å². The van der Waals surface area contributed by atoms with Crippen LogP contribution >= 0.6 is 11.3 Å². The number of allylic oxidation sites excluding steroid dienone is 1. The number of terminal acetylenes is 1. The van der Waals surface area contributed by atoms with Crippen molar-refractivity contribution in [3.05, 3.63) is 64.6 Å². The third-order valence-corrected chi connectivity index (χ3v) is 10.3. The molecule has 240 valence electrons. The van der Waals surface area contributed by atoms with Gasteiger partial charge in [0, 0.05) is 80.7 Å². The number of aromatic nitrogens is 3. The molecule has 0 unspecified atom stereocenters. The number of nitriles is 1. The number of rotatable bonds is 9. The molecule has 0 bridgehead atoms. The Morgan fingerprint density at radius 3 is 2.52 bits per heavy atom. The first kappa shape index (κ1) is 31.9. The monoisotopic (exact) mass is 646 g/mol. The van der Waals surface area contributed by atoms with Crippen LogP contribution in [0.25, 0.3) is 21.1 Å². The van der Waals surface area contributed by atoms with Crippen molar-refractivity contribution in [2.24, 2.45) is 0 Å². The van der Waals surface area contributed by atoms with Crippen LogP contribution in [0.2, 0.25) is 0 Å². The summed E-state index contributed by atoms with van der Waals surface area (Å²) in [5.74, 6) is 3.23. The largest absolute Gasteiger partial charge is 0.393 e. The number of halogens is 3. The van der Waals surface area contributed by atoms with Crippen LogP contribution in [-0.2, 0) is 19.5 Å². The van der Waals surface area contributed by atoms with Gasteiger partial charge in [0.25, 0.3) is 0 Å². The molecule has 8 nitrogen and oxygen atoms in total. The molecule has 0 atom stereocenters. The Labute approximate surface area is 271 Å². The minimum absolute atomic E-state index is 0.176. The number of alkyl halides is 3. The maximum absolute atomic E-state index is 12.9. The van der Waals surface area contributed by atoms with Crippen molar-refractivity contribution in [3.8, 4) is 18.4 Å². The van der Waals surface area contributed by atoms with Crippen molar-refractivity contribution in [1.82, 2.24) is 29.2 Å². The number of aryl methyl sites for hydroxylation is 1. The van der Waals surface area contributed by atoms with Crippen molar-refractivity contribution >= 4 is 38.3 Å². The Kier molecular flexibility index (Phi) is 9.23. The smallest absolute Gasteiger partial charge is 0.367 e. The third-order valence-electron chi connectivity index (χ3n) is 9.22. The summed E-state index contributed by atoms with van der Waals surface area (Å²) in [5, 5.41) is 15.2. The fourth-order valence-electron chi connectivity index (χ4n) is 6.58. The second kappa shape index (κ2) is 13.3. The summed E-state index contributed by atoms with van der Waals surface area (Å²) in [5.41, 5.74) is 4.95. The fourth-order valence-corrected chi connectivity index (χ4v) is 7.60. The van der Waals surface area contributed by atoms with Crippen LogP contribution in [0.3, 0.4) is 0 Å². The molecule has 1 N–H and O–H groups in total. The Hall–Kier alpha value is -4.10. The van der Waals surface area contributed by atoms with E-state index < -0.39 is 12.6 Å². The van der Waals surface area contributed by atoms with Crippen molar-refractivity contribution < 1.29 is 13.2 Å². The van der Waals surface area contributed by atoms with Crippen molar-refractivity contribution in [2.45, 2.75) is 51.5 Å². The van der Waals surface area contributed by atoms with Gasteiger partial charge >= 0.3 is 6.18 Å². The van der Waals surface area contributed by atoms with Crippen LogP contribution in [0.5, 0.6) is 0 Å². The first-order valence-corrected chi connectivity index (χ1v) is 16.4. The van der Waals surface area contributed by atoms with Gasteiger partial charge in [-0.05, 0) is 49.1 Å². The summed E-state index contributed by atoms with van der Waals surface area (Å²) in [6, 6.07) is 10.5. The highest BCUT2D eigenvalue weighted by molar-refractivity contribution is 7.18. The summed E-state index contributed by atoms with van der Waals surface area (Å²) in [4.78, 5) is 16.3. The van der Waals surface area contributed by atoms with Gasteiger partial charge in [0.05, 0.1) is 17.5 Å². The highest BCUT2D eigenvalue weighted by Crippen LogP contribution is 2.33. The van der Waals surface area contributed by atoms with Gasteiger partial charge in [0.15, 0.2) is 0 Å². The maximum Gasteiger partial charge on any atom is 0.393 e. The zero-order valence-electron chi connectivity index (χ0n) is 25.9. The zero-order chi connectivity index (χ0) is 32.4. The summed E-state index contributed by atoms with van der Waals surface area (Å²) < 4.78 is 40.9. The number of benzene rings is 1. The van der Waals surface area contributed by atoms with Crippen LogP contribution < -0.4 is 5.32 Å². The average molecular weight is 647 g/mol. The minimum atomic E-state index is -4.25. The second-order valence-electron chi connectivity index (χ2n) is 12.1. The summed E-state index contributed by atoms with van der Waals surface area (Å²) in [7, 11) is 0.